The molecule has 4 aliphatic rings. The van der Waals surface area contributed by atoms with Crippen molar-refractivity contribution in [1.82, 2.24) is 4.98 Å². The first kappa shape index (κ1) is 20.1. The monoisotopic (exact) mass is 387 g/mol. The molecule has 1 aromatic heterocycles. The summed E-state index contributed by atoms with van der Waals surface area (Å²) < 4.78 is 6.87. The Morgan fingerprint density at radius 1 is 1.25 bits per heavy atom. The summed E-state index contributed by atoms with van der Waals surface area (Å²) in [6.07, 6.45) is 11.8. The molecular weight excluding hydrogens is 350 g/mol. The van der Waals surface area contributed by atoms with Gasteiger partial charge in [-0.3, -0.25) is 0 Å². The first-order chi connectivity index (χ1) is 13.3. The van der Waals surface area contributed by atoms with Crippen molar-refractivity contribution in [3.63, 3.8) is 0 Å². The summed E-state index contributed by atoms with van der Waals surface area (Å²) in [5, 5.41) is 9.67. The smallest absolute Gasteiger partial charge is 0.123 e. The molecule has 5 atom stereocenters. The summed E-state index contributed by atoms with van der Waals surface area (Å²) >= 11 is 0. The van der Waals surface area contributed by atoms with E-state index in [1.807, 2.05) is 12.3 Å². The van der Waals surface area contributed by atoms with Gasteiger partial charge in [-0.05, 0) is 82.3 Å². The molecule has 2 saturated carbocycles. The van der Waals surface area contributed by atoms with Crippen LogP contribution in [0.1, 0.15) is 70.8 Å². The zero-order chi connectivity index (χ0) is 20.0. The normalized spacial score (nSPS) is 39.8. The summed E-state index contributed by atoms with van der Waals surface area (Å²) in [6, 6.07) is 4.02. The number of fused-ring (bicyclic) bond motifs is 3. The van der Waals surface area contributed by atoms with E-state index in [1.54, 1.807) is 0 Å². The van der Waals surface area contributed by atoms with Gasteiger partial charge in [0.1, 0.15) is 5.82 Å². The molecule has 0 amide bonds. The Hall–Kier alpha value is -1.17. The molecule has 2 aliphatic carbocycles. The van der Waals surface area contributed by atoms with E-state index in [0.717, 1.165) is 25.7 Å². The van der Waals surface area contributed by atoms with Gasteiger partial charge >= 0.3 is 0 Å². The maximum absolute atomic E-state index is 9.67. The first-order valence-electron chi connectivity index (χ1n) is 11.1. The minimum atomic E-state index is -0.303. The number of nitrogen functional groups attached to an aromatic ring is 1. The van der Waals surface area contributed by atoms with Crippen LogP contribution in [-0.4, -0.2) is 33.4 Å². The highest BCUT2D eigenvalue weighted by Gasteiger charge is 2.62. The van der Waals surface area contributed by atoms with Crippen LogP contribution in [0.15, 0.2) is 18.3 Å². The summed E-state index contributed by atoms with van der Waals surface area (Å²) in [5.41, 5.74) is 13.3. The van der Waals surface area contributed by atoms with E-state index in [1.165, 1.54) is 31.2 Å². The number of rotatable bonds is 5. The second-order valence-corrected chi connectivity index (χ2v) is 10.3. The standard InChI is InChI=1S/C23H37N3O2/c1-21(2)19-8-9-23(28-21,15-22(19,25)10-11-27)18-5-3-4-16(13-18)12-17-6-7-20(24)26-14-17/h6-7,14,16,18-19,27H,3-5,8-13,15,25H2,1-2H3,(H2,24,26)/t16-,18-,19-,22-,23-/m0/s1. The van der Waals surface area contributed by atoms with E-state index in [9.17, 15) is 5.11 Å². The number of hydrogen-bond acceptors (Lipinski definition) is 5. The minimum absolute atomic E-state index is 0.125. The molecule has 0 spiro atoms. The van der Waals surface area contributed by atoms with Crippen molar-refractivity contribution >= 4 is 5.82 Å². The third kappa shape index (κ3) is 3.57. The fourth-order valence-electron chi connectivity index (χ4n) is 6.91. The van der Waals surface area contributed by atoms with Crippen LogP contribution >= 0.6 is 0 Å². The molecule has 0 aromatic carbocycles. The van der Waals surface area contributed by atoms with E-state index in [2.05, 4.69) is 24.9 Å². The van der Waals surface area contributed by atoms with Gasteiger partial charge in [0.2, 0.25) is 0 Å². The Kier molecular flexibility index (Phi) is 5.22. The number of hydrogen-bond donors (Lipinski definition) is 3. The molecule has 5 heteroatoms. The average molecular weight is 388 g/mol. The van der Waals surface area contributed by atoms with Crippen LogP contribution in [0.3, 0.4) is 0 Å². The number of anilines is 1. The Morgan fingerprint density at radius 3 is 2.75 bits per heavy atom. The molecule has 1 aromatic rings. The number of aliphatic hydroxyl groups is 1. The van der Waals surface area contributed by atoms with Crippen molar-refractivity contribution in [2.45, 2.75) is 88.4 Å². The number of aliphatic hydroxyl groups excluding tert-OH is 1. The van der Waals surface area contributed by atoms with Crippen LogP contribution in [0.5, 0.6) is 0 Å². The third-order valence-electron chi connectivity index (χ3n) is 7.96. The number of ether oxygens (including phenoxy) is 1. The van der Waals surface area contributed by atoms with Crippen molar-refractivity contribution in [2.75, 3.05) is 12.3 Å². The molecule has 3 heterocycles. The number of pyridine rings is 1. The highest BCUT2D eigenvalue weighted by atomic mass is 16.5. The lowest BCUT2D eigenvalue weighted by molar-refractivity contribution is -0.287. The van der Waals surface area contributed by atoms with Gasteiger partial charge in [0.05, 0.1) is 11.2 Å². The molecule has 5 nitrogen and oxygen atoms in total. The predicted molar refractivity (Wildman–Crippen MR) is 112 cm³/mol. The topological polar surface area (TPSA) is 94.4 Å². The van der Waals surface area contributed by atoms with E-state index < -0.39 is 0 Å². The predicted octanol–water partition coefficient (Wildman–Crippen LogP) is 3.44. The quantitative estimate of drug-likeness (QED) is 0.719. The van der Waals surface area contributed by atoms with Crippen LogP contribution < -0.4 is 11.5 Å². The fraction of sp³-hybridized carbons (Fsp3) is 0.783. The van der Waals surface area contributed by atoms with Crippen LogP contribution in [0, 0.1) is 17.8 Å². The van der Waals surface area contributed by atoms with Crippen LogP contribution in [-0.2, 0) is 11.2 Å². The number of aromatic nitrogens is 1. The average Bonchev–Trinajstić information content (AvgIpc) is 2.63. The van der Waals surface area contributed by atoms with Gasteiger partial charge in [-0.2, -0.15) is 0 Å². The van der Waals surface area contributed by atoms with Gasteiger partial charge in [-0.15, -0.1) is 0 Å². The Bertz CT molecular complexity index is 692. The summed E-state index contributed by atoms with van der Waals surface area (Å²) in [4.78, 5) is 4.26. The van der Waals surface area contributed by atoms with E-state index in [4.69, 9.17) is 16.2 Å². The van der Waals surface area contributed by atoms with Gasteiger partial charge in [-0.25, -0.2) is 4.98 Å². The molecule has 0 unspecified atom stereocenters. The number of nitrogens with zero attached hydrogens (tertiary/aromatic N) is 1. The molecule has 0 radical (unpaired) electrons. The molecule has 2 aliphatic heterocycles. The lowest BCUT2D eigenvalue weighted by Gasteiger charge is -2.65. The molecule has 5 rings (SSSR count). The maximum Gasteiger partial charge on any atom is 0.123 e. The third-order valence-corrected chi connectivity index (χ3v) is 7.96. The van der Waals surface area contributed by atoms with Crippen LogP contribution in [0.2, 0.25) is 0 Å². The molecule has 2 saturated heterocycles. The minimum Gasteiger partial charge on any atom is -0.396 e. The molecule has 28 heavy (non-hydrogen) atoms. The highest BCUT2D eigenvalue weighted by molar-refractivity contribution is 5.29. The largest absolute Gasteiger partial charge is 0.396 e. The second-order valence-electron chi connectivity index (χ2n) is 10.3. The van der Waals surface area contributed by atoms with Crippen molar-refractivity contribution in [3.8, 4) is 0 Å². The van der Waals surface area contributed by atoms with Gasteiger partial charge in [0, 0.05) is 24.3 Å². The SMILES string of the molecule is CC1(C)O[C@@]2([C@H]3CCC[C@@H](Cc4ccc(N)nc4)C3)CC[C@@H]1[C@](N)(CCO)C2. The fourth-order valence-corrected chi connectivity index (χ4v) is 6.91. The van der Waals surface area contributed by atoms with Gasteiger partial charge in [-0.1, -0.05) is 18.9 Å². The van der Waals surface area contributed by atoms with Crippen LogP contribution in [0.4, 0.5) is 5.82 Å². The lowest BCUT2D eigenvalue weighted by Crippen LogP contribution is -2.72. The summed E-state index contributed by atoms with van der Waals surface area (Å²) in [7, 11) is 0. The van der Waals surface area contributed by atoms with E-state index >= 15 is 0 Å². The second kappa shape index (κ2) is 7.26. The van der Waals surface area contributed by atoms with Crippen molar-refractivity contribution < 1.29 is 9.84 Å². The van der Waals surface area contributed by atoms with Gasteiger partial charge in [0.15, 0.2) is 0 Å². The summed E-state index contributed by atoms with van der Waals surface area (Å²) in [5.74, 6) is 2.13. The van der Waals surface area contributed by atoms with Crippen molar-refractivity contribution in [3.05, 3.63) is 23.9 Å². The van der Waals surface area contributed by atoms with Crippen molar-refractivity contribution in [2.24, 2.45) is 23.5 Å². The summed E-state index contributed by atoms with van der Waals surface area (Å²) in [6.45, 7) is 4.59. The van der Waals surface area contributed by atoms with Crippen molar-refractivity contribution in [1.29, 1.82) is 0 Å². The van der Waals surface area contributed by atoms with E-state index in [0.29, 0.717) is 30.0 Å². The highest BCUT2D eigenvalue weighted by Crippen LogP contribution is 2.59. The molecule has 156 valence electrons. The Morgan fingerprint density at radius 2 is 2.07 bits per heavy atom. The first-order valence-corrected chi connectivity index (χ1v) is 11.1. The zero-order valence-electron chi connectivity index (χ0n) is 17.5. The van der Waals surface area contributed by atoms with E-state index in [-0.39, 0.29) is 23.3 Å². The number of nitrogens with two attached hydrogens (primary N) is 2. The zero-order valence-corrected chi connectivity index (χ0v) is 17.5. The maximum atomic E-state index is 9.67. The Balaban J connectivity index is 1.52. The molecular formula is C23H37N3O2. The molecule has 5 N–H and O–H groups in total. The Labute approximate surface area is 169 Å². The lowest BCUT2D eigenvalue weighted by atomic mass is 9.53. The van der Waals surface area contributed by atoms with Gasteiger partial charge < -0.3 is 21.3 Å². The van der Waals surface area contributed by atoms with Gasteiger partial charge in [0.25, 0.3) is 0 Å². The molecule has 4 fully saturated rings. The molecule has 2 bridgehead atoms. The van der Waals surface area contributed by atoms with Crippen LogP contribution in [0.25, 0.3) is 0 Å².